The number of ether oxygens (including phenoxy) is 1. The van der Waals surface area contributed by atoms with E-state index in [0.717, 1.165) is 13.1 Å². The SMILES string of the molecule is CC(C)(C)OC(=O)CCNCCN1CCCC1. The Kier molecular flexibility index (Phi) is 5.92. The zero-order valence-corrected chi connectivity index (χ0v) is 11.4. The number of nitrogens with one attached hydrogen (secondary N) is 1. The molecule has 1 N–H and O–H groups in total. The van der Waals surface area contributed by atoms with Crippen LogP contribution in [0.4, 0.5) is 0 Å². The van der Waals surface area contributed by atoms with Crippen LogP contribution in [0.5, 0.6) is 0 Å². The van der Waals surface area contributed by atoms with Crippen molar-refractivity contribution in [2.24, 2.45) is 0 Å². The second kappa shape index (κ2) is 6.97. The molecule has 100 valence electrons. The van der Waals surface area contributed by atoms with Gasteiger partial charge in [0.1, 0.15) is 5.60 Å². The molecule has 0 unspecified atom stereocenters. The Labute approximate surface area is 105 Å². The van der Waals surface area contributed by atoms with Gasteiger partial charge in [-0.2, -0.15) is 0 Å². The van der Waals surface area contributed by atoms with Crippen LogP contribution < -0.4 is 5.32 Å². The van der Waals surface area contributed by atoms with Gasteiger partial charge < -0.3 is 15.0 Å². The third kappa shape index (κ3) is 7.34. The molecule has 0 aliphatic carbocycles. The molecule has 1 aliphatic heterocycles. The molecule has 1 saturated heterocycles. The number of hydrogen-bond acceptors (Lipinski definition) is 4. The minimum absolute atomic E-state index is 0.119. The zero-order chi connectivity index (χ0) is 12.7. The highest BCUT2D eigenvalue weighted by atomic mass is 16.6. The molecule has 0 aromatic rings. The van der Waals surface area contributed by atoms with Gasteiger partial charge in [-0.05, 0) is 46.7 Å². The van der Waals surface area contributed by atoms with Gasteiger partial charge in [0.2, 0.25) is 0 Å². The van der Waals surface area contributed by atoms with Gasteiger partial charge in [0, 0.05) is 19.6 Å². The van der Waals surface area contributed by atoms with Gasteiger partial charge in [0.05, 0.1) is 6.42 Å². The summed E-state index contributed by atoms with van der Waals surface area (Å²) in [5.74, 6) is -0.119. The maximum absolute atomic E-state index is 11.4. The van der Waals surface area contributed by atoms with Crippen molar-refractivity contribution in [2.45, 2.75) is 45.6 Å². The van der Waals surface area contributed by atoms with Gasteiger partial charge in [0.15, 0.2) is 0 Å². The summed E-state index contributed by atoms with van der Waals surface area (Å²) in [6.07, 6.45) is 3.12. The van der Waals surface area contributed by atoms with Crippen molar-refractivity contribution in [1.29, 1.82) is 0 Å². The smallest absolute Gasteiger partial charge is 0.307 e. The zero-order valence-electron chi connectivity index (χ0n) is 11.4. The van der Waals surface area contributed by atoms with Crippen molar-refractivity contribution in [3.8, 4) is 0 Å². The van der Waals surface area contributed by atoms with Crippen LogP contribution in [-0.2, 0) is 9.53 Å². The normalized spacial score (nSPS) is 17.4. The van der Waals surface area contributed by atoms with Crippen LogP contribution in [0.3, 0.4) is 0 Å². The largest absolute Gasteiger partial charge is 0.460 e. The van der Waals surface area contributed by atoms with E-state index in [4.69, 9.17) is 4.74 Å². The molecule has 4 heteroatoms. The summed E-state index contributed by atoms with van der Waals surface area (Å²) < 4.78 is 5.23. The van der Waals surface area contributed by atoms with Crippen LogP contribution >= 0.6 is 0 Å². The molecule has 0 radical (unpaired) electrons. The second-order valence-corrected chi connectivity index (χ2v) is 5.64. The van der Waals surface area contributed by atoms with Crippen LogP contribution in [0.15, 0.2) is 0 Å². The van der Waals surface area contributed by atoms with E-state index in [1.54, 1.807) is 0 Å². The van der Waals surface area contributed by atoms with Crippen LogP contribution in [0.2, 0.25) is 0 Å². The Morgan fingerprint density at radius 3 is 2.47 bits per heavy atom. The van der Waals surface area contributed by atoms with E-state index in [1.165, 1.54) is 25.9 Å². The number of likely N-dealkylation sites (tertiary alicyclic amines) is 1. The maximum Gasteiger partial charge on any atom is 0.307 e. The highest BCUT2D eigenvalue weighted by molar-refractivity contribution is 5.70. The number of hydrogen-bond donors (Lipinski definition) is 1. The third-order valence-electron chi connectivity index (χ3n) is 2.73. The monoisotopic (exact) mass is 242 g/mol. The van der Waals surface area contributed by atoms with Crippen LogP contribution in [0.25, 0.3) is 0 Å². The Morgan fingerprint density at radius 1 is 1.24 bits per heavy atom. The Morgan fingerprint density at radius 2 is 1.88 bits per heavy atom. The molecule has 0 atom stereocenters. The number of carbonyl (C=O) groups is 1. The molecule has 0 spiro atoms. The van der Waals surface area contributed by atoms with E-state index in [-0.39, 0.29) is 11.6 Å². The Bertz CT molecular complexity index is 230. The van der Waals surface area contributed by atoms with E-state index in [1.807, 2.05) is 20.8 Å². The van der Waals surface area contributed by atoms with Crippen LogP contribution in [-0.4, -0.2) is 49.2 Å². The molecule has 1 aliphatic rings. The van der Waals surface area contributed by atoms with E-state index in [2.05, 4.69) is 10.2 Å². The second-order valence-electron chi connectivity index (χ2n) is 5.64. The number of nitrogens with zero attached hydrogens (tertiary/aromatic N) is 1. The predicted octanol–water partition coefficient (Wildman–Crippen LogP) is 1.40. The minimum atomic E-state index is -0.368. The first kappa shape index (κ1) is 14.5. The lowest BCUT2D eigenvalue weighted by molar-refractivity contribution is -0.154. The van der Waals surface area contributed by atoms with E-state index >= 15 is 0 Å². The van der Waals surface area contributed by atoms with Crippen molar-refractivity contribution < 1.29 is 9.53 Å². The summed E-state index contributed by atoms with van der Waals surface area (Å²) in [7, 11) is 0. The van der Waals surface area contributed by atoms with Gasteiger partial charge in [-0.3, -0.25) is 4.79 Å². The molecule has 4 nitrogen and oxygen atoms in total. The molecular formula is C13H26N2O2. The third-order valence-corrected chi connectivity index (χ3v) is 2.73. The van der Waals surface area contributed by atoms with Gasteiger partial charge in [-0.1, -0.05) is 0 Å². The molecule has 17 heavy (non-hydrogen) atoms. The summed E-state index contributed by atoms with van der Waals surface area (Å²) >= 11 is 0. The lowest BCUT2D eigenvalue weighted by atomic mass is 10.2. The fourth-order valence-electron chi connectivity index (χ4n) is 1.95. The van der Waals surface area contributed by atoms with E-state index < -0.39 is 0 Å². The van der Waals surface area contributed by atoms with E-state index in [9.17, 15) is 4.79 Å². The van der Waals surface area contributed by atoms with Crippen LogP contribution in [0.1, 0.15) is 40.0 Å². The number of carbonyl (C=O) groups excluding carboxylic acids is 1. The van der Waals surface area contributed by atoms with Gasteiger partial charge in [0.25, 0.3) is 0 Å². The molecule has 1 rings (SSSR count). The molecule has 0 saturated carbocycles. The predicted molar refractivity (Wildman–Crippen MR) is 69.0 cm³/mol. The van der Waals surface area contributed by atoms with Crippen molar-refractivity contribution >= 4 is 5.97 Å². The summed E-state index contributed by atoms with van der Waals surface area (Å²) in [5, 5.41) is 3.29. The Balaban J connectivity index is 1.94. The van der Waals surface area contributed by atoms with Crippen molar-refractivity contribution in [1.82, 2.24) is 10.2 Å². The van der Waals surface area contributed by atoms with Crippen LogP contribution in [0, 0.1) is 0 Å². The molecule has 1 heterocycles. The highest BCUT2D eigenvalue weighted by Gasteiger charge is 2.15. The molecular weight excluding hydrogens is 216 g/mol. The molecule has 0 aromatic carbocycles. The van der Waals surface area contributed by atoms with Gasteiger partial charge in [-0.25, -0.2) is 0 Å². The quantitative estimate of drug-likeness (QED) is 0.565. The summed E-state index contributed by atoms with van der Waals surface area (Å²) in [5.41, 5.74) is -0.368. The standard InChI is InChI=1S/C13H26N2O2/c1-13(2,3)17-12(16)6-7-14-8-11-15-9-4-5-10-15/h14H,4-11H2,1-3H3. The first-order valence-electron chi connectivity index (χ1n) is 6.62. The van der Waals surface area contributed by atoms with E-state index in [0.29, 0.717) is 13.0 Å². The lowest BCUT2D eigenvalue weighted by Gasteiger charge is -2.19. The number of rotatable bonds is 6. The fraction of sp³-hybridized carbons (Fsp3) is 0.923. The first-order chi connectivity index (χ1) is 7.97. The first-order valence-corrected chi connectivity index (χ1v) is 6.62. The van der Waals surface area contributed by atoms with Gasteiger partial charge in [-0.15, -0.1) is 0 Å². The maximum atomic E-state index is 11.4. The highest BCUT2D eigenvalue weighted by Crippen LogP contribution is 2.08. The average Bonchev–Trinajstić information content (AvgIpc) is 2.67. The lowest BCUT2D eigenvalue weighted by Crippen LogP contribution is -2.32. The minimum Gasteiger partial charge on any atom is -0.460 e. The van der Waals surface area contributed by atoms with Crippen molar-refractivity contribution in [2.75, 3.05) is 32.7 Å². The average molecular weight is 242 g/mol. The van der Waals surface area contributed by atoms with Crippen molar-refractivity contribution in [3.05, 3.63) is 0 Å². The summed E-state index contributed by atoms with van der Waals surface area (Å²) in [4.78, 5) is 13.9. The van der Waals surface area contributed by atoms with Gasteiger partial charge >= 0.3 is 5.97 Å². The number of esters is 1. The fourth-order valence-corrected chi connectivity index (χ4v) is 1.95. The Hall–Kier alpha value is -0.610. The molecule has 0 bridgehead atoms. The summed E-state index contributed by atoms with van der Waals surface area (Å²) in [6.45, 7) is 10.9. The molecule has 0 amide bonds. The summed E-state index contributed by atoms with van der Waals surface area (Å²) in [6, 6.07) is 0. The van der Waals surface area contributed by atoms with Crippen molar-refractivity contribution in [3.63, 3.8) is 0 Å². The molecule has 1 fully saturated rings. The topological polar surface area (TPSA) is 41.6 Å². The molecule has 0 aromatic heterocycles.